The minimum Gasteiger partial charge on any atom is -0.481 e. The van der Waals surface area contributed by atoms with Gasteiger partial charge in [0.25, 0.3) is 5.56 Å². The predicted molar refractivity (Wildman–Crippen MR) is 147 cm³/mol. The number of hydrogen-bond acceptors (Lipinski definition) is 6. The number of rotatable bonds is 12. The topological polar surface area (TPSA) is 128 Å². The molecule has 1 amide bonds. The first-order valence-corrected chi connectivity index (χ1v) is 13.3. The zero-order valence-corrected chi connectivity index (χ0v) is 23.9. The summed E-state index contributed by atoms with van der Waals surface area (Å²) in [5.41, 5.74) is 1.09. The van der Waals surface area contributed by atoms with Crippen molar-refractivity contribution in [2.24, 2.45) is 0 Å². The fraction of sp³-hybridized carbons (Fsp3) is 0.367. The van der Waals surface area contributed by atoms with Crippen LogP contribution in [0.15, 0.2) is 47.4 Å². The molecule has 0 aliphatic carbocycles. The smallest absolute Gasteiger partial charge is 0.305 e. The van der Waals surface area contributed by atoms with Gasteiger partial charge in [-0.25, -0.2) is 13.5 Å². The van der Waals surface area contributed by atoms with Crippen molar-refractivity contribution in [3.05, 3.63) is 92.9 Å². The van der Waals surface area contributed by atoms with Crippen molar-refractivity contribution >= 4 is 17.7 Å². The van der Waals surface area contributed by atoms with Crippen LogP contribution in [0.1, 0.15) is 63.1 Å². The monoisotopic (exact) mass is 605 g/mol. The normalized spacial score (nSPS) is 12.8. The maximum Gasteiger partial charge on any atom is 0.305 e. The Morgan fingerprint density at radius 2 is 1.67 bits per heavy atom. The lowest BCUT2D eigenvalue weighted by Crippen LogP contribution is -2.46. The minimum atomic E-state index is -1.89. The molecule has 0 spiro atoms. The SMILES string of the molecule is CC[C@@H](C(=O)N[C@@H](CC(=O)O)C(=O)COc1c(F)c(F)cc(F)c1F)c1ccnn(Cc2ccccc2C(C)(C)C)c1=O. The van der Waals surface area contributed by atoms with Crippen molar-refractivity contribution < 1.29 is 41.8 Å². The maximum atomic E-state index is 13.9. The molecule has 0 saturated carbocycles. The number of carbonyl (C=O) groups is 3. The molecule has 43 heavy (non-hydrogen) atoms. The average molecular weight is 606 g/mol. The van der Waals surface area contributed by atoms with Crippen LogP contribution in [0, 0.1) is 23.3 Å². The summed E-state index contributed by atoms with van der Waals surface area (Å²) in [6.45, 7) is 6.58. The highest BCUT2D eigenvalue weighted by molar-refractivity contribution is 5.94. The van der Waals surface area contributed by atoms with Gasteiger partial charge < -0.3 is 15.2 Å². The van der Waals surface area contributed by atoms with Crippen LogP contribution in [-0.4, -0.2) is 45.2 Å². The van der Waals surface area contributed by atoms with Crippen LogP contribution in [0.25, 0.3) is 0 Å². The van der Waals surface area contributed by atoms with E-state index in [1.807, 2.05) is 45.0 Å². The summed E-state index contributed by atoms with van der Waals surface area (Å²) >= 11 is 0. The molecule has 0 bridgehead atoms. The number of carbonyl (C=O) groups excluding carboxylic acids is 2. The van der Waals surface area contributed by atoms with Gasteiger partial charge in [0, 0.05) is 17.8 Å². The lowest BCUT2D eigenvalue weighted by atomic mass is 9.84. The number of amides is 1. The van der Waals surface area contributed by atoms with Gasteiger partial charge in [0.05, 0.1) is 18.9 Å². The van der Waals surface area contributed by atoms with E-state index >= 15 is 0 Å². The van der Waals surface area contributed by atoms with Crippen LogP contribution < -0.4 is 15.6 Å². The number of nitrogens with zero attached hydrogens (tertiary/aromatic N) is 2. The van der Waals surface area contributed by atoms with E-state index in [-0.39, 0.29) is 30.0 Å². The number of Topliss-reactive ketones (excluding diaryl/α,β-unsaturated/α-hetero) is 1. The van der Waals surface area contributed by atoms with Crippen molar-refractivity contribution in [2.45, 2.75) is 64.5 Å². The van der Waals surface area contributed by atoms with Crippen molar-refractivity contribution in [3.8, 4) is 5.75 Å². The molecule has 230 valence electrons. The summed E-state index contributed by atoms with van der Waals surface area (Å²) in [5.74, 6) is -13.5. The minimum absolute atomic E-state index is 0.0420. The van der Waals surface area contributed by atoms with Crippen molar-refractivity contribution in [1.29, 1.82) is 0 Å². The molecule has 2 atom stereocenters. The van der Waals surface area contributed by atoms with Gasteiger partial charge in [-0.1, -0.05) is 52.0 Å². The lowest BCUT2D eigenvalue weighted by molar-refractivity contribution is -0.140. The van der Waals surface area contributed by atoms with E-state index < -0.39 is 77.2 Å². The van der Waals surface area contributed by atoms with E-state index in [0.717, 1.165) is 11.1 Å². The number of carboxylic acids is 1. The molecule has 9 nitrogen and oxygen atoms in total. The molecule has 3 rings (SSSR count). The Labute approximate surface area is 244 Å². The van der Waals surface area contributed by atoms with Crippen LogP contribution in [-0.2, 0) is 26.3 Å². The Bertz CT molecular complexity index is 1560. The number of aromatic nitrogens is 2. The van der Waals surface area contributed by atoms with Gasteiger partial charge in [0.15, 0.2) is 23.2 Å². The van der Waals surface area contributed by atoms with Gasteiger partial charge >= 0.3 is 5.97 Å². The largest absolute Gasteiger partial charge is 0.481 e. The molecule has 0 fully saturated rings. The molecular formula is C30H31F4N3O6. The van der Waals surface area contributed by atoms with Crippen LogP contribution in [0.5, 0.6) is 5.75 Å². The van der Waals surface area contributed by atoms with Crippen molar-refractivity contribution in [2.75, 3.05) is 6.61 Å². The second kappa shape index (κ2) is 13.6. The van der Waals surface area contributed by atoms with E-state index in [4.69, 9.17) is 0 Å². The molecule has 0 unspecified atom stereocenters. The highest BCUT2D eigenvalue weighted by Crippen LogP contribution is 2.27. The van der Waals surface area contributed by atoms with E-state index in [9.17, 15) is 41.8 Å². The highest BCUT2D eigenvalue weighted by atomic mass is 19.2. The second-order valence-electron chi connectivity index (χ2n) is 10.8. The number of ether oxygens (including phenoxy) is 1. The second-order valence-corrected chi connectivity index (χ2v) is 10.8. The number of aliphatic carboxylic acids is 1. The fourth-order valence-corrected chi connectivity index (χ4v) is 4.56. The van der Waals surface area contributed by atoms with Gasteiger partial charge in [-0.2, -0.15) is 13.9 Å². The molecule has 3 aromatic rings. The fourth-order valence-electron chi connectivity index (χ4n) is 4.56. The number of hydrogen-bond donors (Lipinski definition) is 2. The Kier molecular flexibility index (Phi) is 10.4. The number of nitrogens with one attached hydrogen (secondary N) is 1. The zero-order valence-electron chi connectivity index (χ0n) is 23.9. The molecule has 2 aromatic carbocycles. The standard InChI is InChI=1S/C30H31F4N3O6/c1-5-17(18-10-11-35-37(29(18)42)14-16-8-6-7-9-19(16)30(2,3)4)28(41)36-22(13-24(39)40)23(38)15-43-27-25(33)20(31)12-21(32)26(27)34/h6-12,17,22H,5,13-15H2,1-4H3,(H,36,41)(H,39,40)/t17-,22+/m1/s1. The average Bonchev–Trinajstić information content (AvgIpc) is 2.93. The first-order valence-electron chi connectivity index (χ1n) is 13.3. The summed E-state index contributed by atoms with van der Waals surface area (Å²) in [6, 6.07) is 7.08. The highest BCUT2D eigenvalue weighted by Gasteiger charge is 2.30. The number of carboxylic acid groups (broad SMARTS) is 1. The number of benzene rings is 2. The summed E-state index contributed by atoms with van der Waals surface area (Å²) in [5, 5.41) is 15.7. The van der Waals surface area contributed by atoms with Gasteiger partial charge in [0.2, 0.25) is 17.5 Å². The Morgan fingerprint density at radius 1 is 1.05 bits per heavy atom. The van der Waals surface area contributed by atoms with Crippen LogP contribution in [0.4, 0.5) is 17.6 Å². The van der Waals surface area contributed by atoms with E-state index in [0.29, 0.717) is 0 Å². The molecule has 1 aromatic heterocycles. The molecule has 1 heterocycles. The summed E-state index contributed by atoms with van der Waals surface area (Å²) < 4.78 is 60.6. The van der Waals surface area contributed by atoms with E-state index in [1.54, 1.807) is 6.92 Å². The van der Waals surface area contributed by atoms with E-state index in [1.165, 1.54) is 16.9 Å². The number of halogens is 4. The molecule has 0 saturated heterocycles. The van der Waals surface area contributed by atoms with Gasteiger partial charge in [-0.3, -0.25) is 19.2 Å². The Balaban J connectivity index is 1.84. The molecule has 0 aliphatic rings. The third kappa shape index (κ3) is 7.85. The summed E-state index contributed by atoms with van der Waals surface area (Å²) in [6.07, 6.45) is 0.478. The number of ketones is 1. The summed E-state index contributed by atoms with van der Waals surface area (Å²) in [4.78, 5) is 50.9. The lowest BCUT2D eigenvalue weighted by Gasteiger charge is -2.23. The Morgan fingerprint density at radius 3 is 2.26 bits per heavy atom. The zero-order chi connectivity index (χ0) is 32.1. The van der Waals surface area contributed by atoms with Gasteiger partial charge in [-0.15, -0.1) is 0 Å². The van der Waals surface area contributed by atoms with Gasteiger partial charge in [-0.05, 0) is 29.0 Å². The Hall–Kier alpha value is -4.55. The third-order valence-electron chi connectivity index (χ3n) is 6.70. The van der Waals surface area contributed by atoms with Crippen molar-refractivity contribution in [1.82, 2.24) is 15.1 Å². The molecule has 13 heteroatoms. The molecular weight excluding hydrogens is 574 g/mol. The summed E-state index contributed by atoms with van der Waals surface area (Å²) in [7, 11) is 0. The third-order valence-corrected chi connectivity index (χ3v) is 6.70. The van der Waals surface area contributed by atoms with Crippen molar-refractivity contribution in [3.63, 3.8) is 0 Å². The first-order chi connectivity index (χ1) is 20.1. The predicted octanol–water partition coefficient (Wildman–Crippen LogP) is 4.25. The first kappa shape index (κ1) is 33.0. The quantitative estimate of drug-likeness (QED) is 0.234. The molecule has 2 N–H and O–H groups in total. The van der Waals surface area contributed by atoms with Crippen LogP contribution in [0.2, 0.25) is 0 Å². The molecule has 0 radical (unpaired) electrons. The maximum absolute atomic E-state index is 13.9. The van der Waals surface area contributed by atoms with E-state index in [2.05, 4.69) is 15.2 Å². The molecule has 0 aliphatic heterocycles. The van der Waals surface area contributed by atoms with Crippen LogP contribution >= 0.6 is 0 Å². The van der Waals surface area contributed by atoms with Gasteiger partial charge in [0.1, 0.15) is 12.6 Å². The van der Waals surface area contributed by atoms with Crippen LogP contribution in [0.3, 0.4) is 0 Å².